The quantitative estimate of drug-likeness (QED) is 0.861. The van der Waals surface area contributed by atoms with Crippen LogP contribution in [-0.4, -0.2) is 30.6 Å². The first kappa shape index (κ1) is 12.6. The Labute approximate surface area is 105 Å². The fraction of sp³-hybridized carbons (Fsp3) is 0.600. The monoisotopic (exact) mass is 232 g/mol. The van der Waals surface area contributed by atoms with Crippen LogP contribution in [0.25, 0.3) is 0 Å². The summed E-state index contributed by atoms with van der Waals surface area (Å²) in [5.74, 6) is 0. The van der Waals surface area contributed by atoms with Crippen LogP contribution >= 0.6 is 0 Å². The molecule has 1 heterocycles. The fourth-order valence-electron chi connectivity index (χ4n) is 2.54. The van der Waals surface area contributed by atoms with Gasteiger partial charge in [0.15, 0.2) is 0 Å². The third kappa shape index (κ3) is 3.30. The highest BCUT2D eigenvalue weighted by molar-refractivity contribution is 5.28. The zero-order valence-electron chi connectivity index (χ0n) is 11.3. The summed E-state index contributed by atoms with van der Waals surface area (Å²) in [6, 6.07) is 8.87. The van der Waals surface area contributed by atoms with E-state index in [0.29, 0.717) is 0 Å². The first-order chi connectivity index (χ1) is 8.11. The van der Waals surface area contributed by atoms with Gasteiger partial charge in [0.05, 0.1) is 0 Å². The molecule has 0 amide bonds. The number of nitrogens with one attached hydrogen (secondary N) is 1. The van der Waals surface area contributed by atoms with E-state index in [2.05, 4.69) is 48.3 Å². The van der Waals surface area contributed by atoms with E-state index < -0.39 is 0 Å². The SMILES string of the molecule is CNC(C)(C)CN1CCCc2ccccc2C1. The van der Waals surface area contributed by atoms with Crippen LogP contribution in [0.4, 0.5) is 0 Å². The van der Waals surface area contributed by atoms with Crippen molar-refractivity contribution in [3.05, 3.63) is 35.4 Å². The van der Waals surface area contributed by atoms with Crippen molar-refractivity contribution in [3.63, 3.8) is 0 Å². The summed E-state index contributed by atoms with van der Waals surface area (Å²) in [4.78, 5) is 2.57. The normalized spacial score (nSPS) is 17.6. The van der Waals surface area contributed by atoms with E-state index in [-0.39, 0.29) is 5.54 Å². The van der Waals surface area contributed by atoms with E-state index in [1.54, 1.807) is 0 Å². The Kier molecular flexibility index (Phi) is 3.85. The zero-order valence-corrected chi connectivity index (χ0v) is 11.3. The molecule has 2 nitrogen and oxygen atoms in total. The summed E-state index contributed by atoms with van der Waals surface area (Å²) >= 11 is 0. The number of hydrogen-bond acceptors (Lipinski definition) is 2. The number of aryl methyl sites for hydroxylation is 1. The molecule has 1 aromatic carbocycles. The van der Waals surface area contributed by atoms with Gasteiger partial charge in [0.1, 0.15) is 0 Å². The van der Waals surface area contributed by atoms with E-state index >= 15 is 0 Å². The summed E-state index contributed by atoms with van der Waals surface area (Å²) in [6.45, 7) is 7.95. The molecule has 0 spiro atoms. The van der Waals surface area contributed by atoms with E-state index in [1.807, 2.05) is 7.05 Å². The number of rotatable bonds is 3. The lowest BCUT2D eigenvalue weighted by atomic mass is 10.0. The van der Waals surface area contributed by atoms with Crippen molar-refractivity contribution in [1.82, 2.24) is 10.2 Å². The maximum absolute atomic E-state index is 3.39. The van der Waals surface area contributed by atoms with Crippen LogP contribution in [0.15, 0.2) is 24.3 Å². The summed E-state index contributed by atoms with van der Waals surface area (Å²) in [5.41, 5.74) is 3.24. The summed E-state index contributed by atoms with van der Waals surface area (Å²) in [6.07, 6.45) is 2.50. The van der Waals surface area contributed by atoms with Crippen LogP contribution in [0.3, 0.4) is 0 Å². The second kappa shape index (κ2) is 5.19. The number of likely N-dealkylation sites (N-methyl/N-ethyl adjacent to an activating group) is 1. The van der Waals surface area contributed by atoms with Gasteiger partial charge in [0, 0.05) is 18.6 Å². The Morgan fingerprint density at radius 3 is 2.65 bits per heavy atom. The van der Waals surface area contributed by atoms with Crippen molar-refractivity contribution < 1.29 is 0 Å². The van der Waals surface area contributed by atoms with Gasteiger partial charge in [0.2, 0.25) is 0 Å². The second-order valence-corrected chi connectivity index (χ2v) is 5.72. The molecule has 1 aromatic rings. The summed E-state index contributed by atoms with van der Waals surface area (Å²) < 4.78 is 0. The predicted octanol–water partition coefficient (Wildman–Crippen LogP) is 2.43. The van der Waals surface area contributed by atoms with Gasteiger partial charge < -0.3 is 5.32 Å². The lowest BCUT2D eigenvalue weighted by molar-refractivity contribution is 0.202. The topological polar surface area (TPSA) is 15.3 Å². The van der Waals surface area contributed by atoms with Gasteiger partial charge in [0.25, 0.3) is 0 Å². The third-order valence-corrected chi connectivity index (χ3v) is 3.73. The minimum absolute atomic E-state index is 0.194. The predicted molar refractivity (Wildman–Crippen MR) is 73.2 cm³/mol. The standard InChI is InChI=1S/C15H24N2/c1-15(2,16-3)12-17-10-6-9-13-7-4-5-8-14(13)11-17/h4-5,7-8,16H,6,9-12H2,1-3H3. The molecule has 0 unspecified atom stereocenters. The molecule has 0 aliphatic carbocycles. The molecule has 0 saturated heterocycles. The number of fused-ring (bicyclic) bond motifs is 1. The minimum Gasteiger partial charge on any atom is -0.314 e. The Hall–Kier alpha value is -0.860. The number of nitrogens with zero attached hydrogens (tertiary/aromatic N) is 1. The van der Waals surface area contributed by atoms with Crippen LogP contribution in [-0.2, 0) is 13.0 Å². The maximum Gasteiger partial charge on any atom is 0.0249 e. The van der Waals surface area contributed by atoms with Crippen molar-refractivity contribution in [2.45, 2.75) is 38.8 Å². The molecule has 0 bridgehead atoms. The molecule has 2 rings (SSSR count). The van der Waals surface area contributed by atoms with E-state index in [1.165, 1.54) is 30.5 Å². The molecule has 1 N–H and O–H groups in total. The molecule has 1 aliphatic rings. The van der Waals surface area contributed by atoms with E-state index in [4.69, 9.17) is 0 Å². The lowest BCUT2D eigenvalue weighted by Crippen LogP contribution is -2.47. The van der Waals surface area contributed by atoms with Crippen molar-refractivity contribution >= 4 is 0 Å². The van der Waals surface area contributed by atoms with Gasteiger partial charge in [-0.15, -0.1) is 0 Å². The molecule has 17 heavy (non-hydrogen) atoms. The van der Waals surface area contributed by atoms with Crippen molar-refractivity contribution in [3.8, 4) is 0 Å². The van der Waals surface area contributed by atoms with Gasteiger partial charge in [-0.05, 0) is 51.4 Å². The molecule has 2 heteroatoms. The van der Waals surface area contributed by atoms with Gasteiger partial charge in [-0.3, -0.25) is 4.90 Å². The van der Waals surface area contributed by atoms with E-state index in [0.717, 1.165) is 13.1 Å². The zero-order chi connectivity index (χ0) is 12.3. The molecule has 0 fully saturated rings. The molecule has 0 saturated carbocycles. The first-order valence-electron chi connectivity index (χ1n) is 6.59. The molecule has 0 aromatic heterocycles. The summed E-state index contributed by atoms with van der Waals surface area (Å²) in [5, 5.41) is 3.39. The largest absolute Gasteiger partial charge is 0.314 e. The number of hydrogen-bond donors (Lipinski definition) is 1. The van der Waals surface area contributed by atoms with Crippen LogP contribution in [0.1, 0.15) is 31.4 Å². The Bertz CT molecular complexity index is 371. The number of benzene rings is 1. The van der Waals surface area contributed by atoms with Crippen LogP contribution in [0.5, 0.6) is 0 Å². The Morgan fingerprint density at radius 2 is 1.94 bits per heavy atom. The molecular formula is C15H24N2. The highest BCUT2D eigenvalue weighted by Gasteiger charge is 2.21. The maximum atomic E-state index is 3.39. The average molecular weight is 232 g/mol. The lowest BCUT2D eigenvalue weighted by Gasteiger charge is -2.32. The van der Waals surface area contributed by atoms with Gasteiger partial charge >= 0.3 is 0 Å². The van der Waals surface area contributed by atoms with E-state index in [9.17, 15) is 0 Å². The Morgan fingerprint density at radius 1 is 1.24 bits per heavy atom. The van der Waals surface area contributed by atoms with Crippen LogP contribution < -0.4 is 5.32 Å². The van der Waals surface area contributed by atoms with Crippen molar-refractivity contribution in [2.24, 2.45) is 0 Å². The summed E-state index contributed by atoms with van der Waals surface area (Å²) in [7, 11) is 2.05. The van der Waals surface area contributed by atoms with Gasteiger partial charge in [-0.2, -0.15) is 0 Å². The van der Waals surface area contributed by atoms with Crippen molar-refractivity contribution in [1.29, 1.82) is 0 Å². The van der Waals surface area contributed by atoms with Gasteiger partial charge in [-0.1, -0.05) is 24.3 Å². The van der Waals surface area contributed by atoms with Gasteiger partial charge in [-0.25, -0.2) is 0 Å². The van der Waals surface area contributed by atoms with Crippen LogP contribution in [0, 0.1) is 0 Å². The average Bonchev–Trinajstić information content (AvgIpc) is 2.50. The van der Waals surface area contributed by atoms with Crippen molar-refractivity contribution in [2.75, 3.05) is 20.1 Å². The molecule has 0 radical (unpaired) electrons. The molecular weight excluding hydrogens is 208 g/mol. The molecule has 94 valence electrons. The molecule has 0 atom stereocenters. The molecule has 1 aliphatic heterocycles. The van der Waals surface area contributed by atoms with Crippen LogP contribution in [0.2, 0.25) is 0 Å². The fourth-order valence-corrected chi connectivity index (χ4v) is 2.54. The third-order valence-electron chi connectivity index (χ3n) is 3.73. The highest BCUT2D eigenvalue weighted by atomic mass is 15.2. The smallest absolute Gasteiger partial charge is 0.0249 e. The highest BCUT2D eigenvalue weighted by Crippen LogP contribution is 2.19. The minimum atomic E-state index is 0.194. The second-order valence-electron chi connectivity index (χ2n) is 5.72. The Balaban J connectivity index is 2.08. The first-order valence-corrected chi connectivity index (χ1v) is 6.59.